The van der Waals surface area contributed by atoms with Gasteiger partial charge in [-0.1, -0.05) is 0 Å². The highest BCUT2D eigenvalue weighted by molar-refractivity contribution is 7.99. The van der Waals surface area contributed by atoms with Crippen molar-refractivity contribution < 1.29 is 4.79 Å². The minimum atomic E-state index is 0.120. The van der Waals surface area contributed by atoms with Crippen molar-refractivity contribution in [2.24, 2.45) is 5.92 Å². The molecule has 3 nitrogen and oxygen atoms in total. The molecule has 80 valence electrons. The fourth-order valence-corrected chi connectivity index (χ4v) is 2.79. The number of rotatable bonds is 2. The number of thioether (sulfide) groups is 1. The molecular formula is C10H18N2OS. The van der Waals surface area contributed by atoms with Crippen molar-refractivity contribution in [3.05, 3.63) is 0 Å². The molecule has 1 amide bonds. The number of hydrogen-bond donors (Lipinski definition) is 1. The van der Waals surface area contributed by atoms with E-state index in [9.17, 15) is 4.79 Å². The van der Waals surface area contributed by atoms with Crippen LogP contribution in [0.1, 0.15) is 13.3 Å². The molecule has 1 unspecified atom stereocenters. The van der Waals surface area contributed by atoms with Crippen LogP contribution >= 0.6 is 11.8 Å². The Bertz CT molecular complexity index is 234. The van der Waals surface area contributed by atoms with Crippen LogP contribution in [-0.2, 0) is 4.79 Å². The highest BCUT2D eigenvalue weighted by atomic mass is 32.2. The Morgan fingerprint density at radius 1 is 1.57 bits per heavy atom. The van der Waals surface area contributed by atoms with Gasteiger partial charge in [0.1, 0.15) is 0 Å². The third kappa shape index (κ3) is 1.65. The Kier molecular flexibility index (Phi) is 3.02. The maximum Gasteiger partial charge on any atom is 0.235 e. The van der Waals surface area contributed by atoms with Gasteiger partial charge >= 0.3 is 0 Å². The summed E-state index contributed by atoms with van der Waals surface area (Å²) in [5, 5.41) is 3.49. The lowest BCUT2D eigenvalue weighted by Gasteiger charge is -2.25. The Hall–Kier alpha value is -0.220. The zero-order valence-corrected chi connectivity index (χ0v) is 9.64. The molecule has 0 aromatic carbocycles. The van der Waals surface area contributed by atoms with Crippen molar-refractivity contribution in [3.8, 4) is 0 Å². The molecule has 0 aromatic heterocycles. The SMILES string of the molecule is CSC(C)C(=O)N1CC[C@H]2CNC[C@H]21. The van der Waals surface area contributed by atoms with Gasteiger partial charge in [-0.25, -0.2) is 0 Å². The predicted molar refractivity (Wildman–Crippen MR) is 59.5 cm³/mol. The van der Waals surface area contributed by atoms with Gasteiger partial charge in [0.15, 0.2) is 0 Å². The summed E-state index contributed by atoms with van der Waals surface area (Å²) in [6.07, 6.45) is 3.19. The quantitative estimate of drug-likeness (QED) is 0.729. The lowest BCUT2D eigenvalue weighted by atomic mass is 10.1. The fraction of sp³-hybridized carbons (Fsp3) is 0.900. The van der Waals surface area contributed by atoms with E-state index in [1.807, 2.05) is 13.2 Å². The van der Waals surface area contributed by atoms with Crippen LogP contribution in [0.2, 0.25) is 0 Å². The van der Waals surface area contributed by atoms with Crippen LogP contribution in [0, 0.1) is 5.92 Å². The van der Waals surface area contributed by atoms with Crippen molar-refractivity contribution in [1.29, 1.82) is 0 Å². The molecule has 2 fully saturated rings. The van der Waals surface area contributed by atoms with Gasteiger partial charge in [-0.05, 0) is 25.5 Å². The van der Waals surface area contributed by atoms with Crippen LogP contribution in [0.3, 0.4) is 0 Å². The van der Waals surface area contributed by atoms with E-state index in [-0.39, 0.29) is 5.25 Å². The second kappa shape index (κ2) is 4.11. The zero-order valence-electron chi connectivity index (χ0n) is 8.82. The van der Waals surface area contributed by atoms with Gasteiger partial charge < -0.3 is 10.2 Å². The van der Waals surface area contributed by atoms with E-state index >= 15 is 0 Å². The molecule has 2 heterocycles. The van der Waals surface area contributed by atoms with E-state index < -0.39 is 0 Å². The second-order valence-corrected chi connectivity index (χ2v) is 5.36. The van der Waals surface area contributed by atoms with Gasteiger partial charge in [0.25, 0.3) is 0 Å². The second-order valence-electron chi connectivity index (χ2n) is 4.18. The zero-order chi connectivity index (χ0) is 10.1. The van der Waals surface area contributed by atoms with Crippen molar-refractivity contribution in [2.75, 3.05) is 25.9 Å². The summed E-state index contributed by atoms with van der Waals surface area (Å²) < 4.78 is 0. The molecule has 0 spiro atoms. The number of carbonyl (C=O) groups excluding carboxylic acids is 1. The maximum atomic E-state index is 12.0. The Balaban J connectivity index is 2.01. The summed E-state index contributed by atoms with van der Waals surface area (Å²) in [7, 11) is 0. The summed E-state index contributed by atoms with van der Waals surface area (Å²) in [5.41, 5.74) is 0. The summed E-state index contributed by atoms with van der Waals surface area (Å²) in [6.45, 7) is 5.07. The lowest BCUT2D eigenvalue weighted by molar-refractivity contribution is -0.131. The molecular weight excluding hydrogens is 196 g/mol. The van der Waals surface area contributed by atoms with Crippen LogP contribution in [0.15, 0.2) is 0 Å². The largest absolute Gasteiger partial charge is 0.337 e. The first-order valence-corrected chi connectivity index (χ1v) is 6.57. The van der Waals surface area contributed by atoms with Crippen LogP contribution in [0.25, 0.3) is 0 Å². The number of amides is 1. The number of likely N-dealkylation sites (tertiary alicyclic amines) is 1. The molecule has 4 heteroatoms. The van der Waals surface area contributed by atoms with E-state index in [0.717, 1.165) is 19.6 Å². The van der Waals surface area contributed by atoms with Gasteiger partial charge in [0, 0.05) is 25.7 Å². The summed E-state index contributed by atoms with van der Waals surface area (Å²) in [4.78, 5) is 14.1. The van der Waals surface area contributed by atoms with E-state index in [1.165, 1.54) is 6.42 Å². The van der Waals surface area contributed by atoms with E-state index in [2.05, 4.69) is 10.2 Å². The van der Waals surface area contributed by atoms with Crippen LogP contribution in [0.4, 0.5) is 0 Å². The fourth-order valence-electron chi connectivity index (χ4n) is 2.46. The van der Waals surface area contributed by atoms with Gasteiger partial charge in [-0.2, -0.15) is 11.8 Å². The van der Waals surface area contributed by atoms with Crippen molar-refractivity contribution in [1.82, 2.24) is 10.2 Å². The van der Waals surface area contributed by atoms with Crippen LogP contribution < -0.4 is 5.32 Å². The molecule has 14 heavy (non-hydrogen) atoms. The van der Waals surface area contributed by atoms with E-state index in [0.29, 0.717) is 17.9 Å². The van der Waals surface area contributed by atoms with Gasteiger partial charge in [-0.3, -0.25) is 4.79 Å². The van der Waals surface area contributed by atoms with Crippen LogP contribution in [0.5, 0.6) is 0 Å². The molecule has 1 N–H and O–H groups in total. The number of hydrogen-bond acceptors (Lipinski definition) is 3. The third-order valence-corrected chi connectivity index (χ3v) is 4.34. The molecule has 0 saturated carbocycles. The topological polar surface area (TPSA) is 32.3 Å². The smallest absolute Gasteiger partial charge is 0.235 e. The van der Waals surface area contributed by atoms with Gasteiger partial charge in [-0.15, -0.1) is 0 Å². The summed E-state index contributed by atoms with van der Waals surface area (Å²) in [6, 6.07) is 0.483. The normalized spacial score (nSPS) is 33.1. The van der Waals surface area contributed by atoms with Crippen LogP contribution in [-0.4, -0.2) is 48.0 Å². The average Bonchev–Trinajstić information content (AvgIpc) is 2.76. The van der Waals surface area contributed by atoms with Gasteiger partial charge in [0.2, 0.25) is 5.91 Å². The van der Waals surface area contributed by atoms with Crippen molar-refractivity contribution in [3.63, 3.8) is 0 Å². The predicted octanol–water partition coefficient (Wildman–Crippen LogP) is 0.558. The first kappa shape index (κ1) is 10.3. The first-order valence-electron chi connectivity index (χ1n) is 5.28. The number of carbonyl (C=O) groups is 1. The number of nitrogens with zero attached hydrogens (tertiary/aromatic N) is 1. The first-order chi connectivity index (χ1) is 6.74. The molecule has 0 aliphatic carbocycles. The molecule has 3 atom stereocenters. The number of fused-ring (bicyclic) bond motifs is 1. The molecule has 2 rings (SSSR count). The Morgan fingerprint density at radius 2 is 2.36 bits per heavy atom. The van der Waals surface area contributed by atoms with Gasteiger partial charge in [0.05, 0.1) is 5.25 Å². The number of nitrogens with one attached hydrogen (secondary N) is 1. The highest BCUT2D eigenvalue weighted by Crippen LogP contribution is 2.28. The highest BCUT2D eigenvalue weighted by Gasteiger charge is 2.40. The van der Waals surface area contributed by atoms with Crippen molar-refractivity contribution in [2.45, 2.75) is 24.6 Å². The molecule has 0 bridgehead atoms. The van der Waals surface area contributed by atoms with E-state index in [1.54, 1.807) is 11.8 Å². The lowest BCUT2D eigenvalue weighted by Crippen LogP contribution is -2.42. The maximum absolute atomic E-state index is 12.0. The molecule has 0 aromatic rings. The third-order valence-electron chi connectivity index (χ3n) is 3.43. The summed E-state index contributed by atoms with van der Waals surface area (Å²) in [5.74, 6) is 1.04. The molecule has 2 saturated heterocycles. The molecule has 0 radical (unpaired) electrons. The van der Waals surface area contributed by atoms with Crippen molar-refractivity contribution >= 4 is 17.7 Å². The minimum Gasteiger partial charge on any atom is -0.337 e. The summed E-state index contributed by atoms with van der Waals surface area (Å²) >= 11 is 1.64. The Morgan fingerprint density at radius 3 is 3.07 bits per heavy atom. The van der Waals surface area contributed by atoms with E-state index in [4.69, 9.17) is 0 Å². The molecule has 2 aliphatic heterocycles. The average molecular weight is 214 g/mol. The molecule has 2 aliphatic rings. The standard InChI is InChI=1S/C10H18N2OS/c1-7(14-2)10(13)12-4-3-8-5-11-6-9(8)12/h7-9,11H,3-6H2,1-2H3/t7?,8-,9+/m0/s1. The monoisotopic (exact) mass is 214 g/mol. The minimum absolute atomic E-state index is 0.120. The Labute approximate surface area is 89.6 Å².